The molecule has 1 unspecified atom stereocenters. The van der Waals surface area contributed by atoms with Gasteiger partial charge in [0, 0.05) is 28.8 Å². The summed E-state index contributed by atoms with van der Waals surface area (Å²) in [6.45, 7) is 1.82. The zero-order valence-corrected chi connectivity index (χ0v) is 10.9. The Labute approximate surface area is 108 Å². The van der Waals surface area contributed by atoms with Crippen molar-refractivity contribution >= 4 is 27.6 Å². The topological polar surface area (TPSA) is 60.8 Å². The Bertz CT molecular complexity index is 430. The Morgan fingerprint density at radius 2 is 2.00 bits per heavy atom. The molecule has 5 heteroatoms. The fourth-order valence-corrected chi connectivity index (χ4v) is 2.73. The van der Waals surface area contributed by atoms with Gasteiger partial charge in [-0.1, -0.05) is 22.0 Å². The van der Waals surface area contributed by atoms with Crippen LogP contribution in [0.15, 0.2) is 22.7 Å². The number of benzene rings is 1. The van der Waals surface area contributed by atoms with Gasteiger partial charge in [0.1, 0.15) is 0 Å². The predicted molar refractivity (Wildman–Crippen MR) is 68.2 cm³/mol. The lowest BCUT2D eigenvalue weighted by molar-refractivity contribution is -0.146. The first-order chi connectivity index (χ1) is 8.11. The molecule has 0 radical (unpaired) electrons. The average Bonchev–Trinajstić information content (AvgIpc) is 2.81. The first kappa shape index (κ1) is 12.4. The van der Waals surface area contributed by atoms with Crippen LogP contribution in [0, 0.1) is 0 Å². The number of rotatable bonds is 3. The molecule has 0 amide bonds. The highest BCUT2D eigenvalue weighted by molar-refractivity contribution is 9.10. The van der Waals surface area contributed by atoms with Crippen molar-refractivity contribution in [3.05, 3.63) is 28.2 Å². The van der Waals surface area contributed by atoms with Crippen molar-refractivity contribution < 1.29 is 15.0 Å². The molecule has 17 heavy (non-hydrogen) atoms. The van der Waals surface area contributed by atoms with Crippen molar-refractivity contribution in [1.82, 2.24) is 0 Å². The van der Waals surface area contributed by atoms with Gasteiger partial charge in [-0.05, 0) is 25.0 Å². The molecule has 1 atom stereocenters. The summed E-state index contributed by atoms with van der Waals surface area (Å²) in [6.07, 6.45) is 0.728. The number of hydrogen-bond donors (Lipinski definition) is 2. The van der Waals surface area contributed by atoms with E-state index in [4.69, 9.17) is 5.11 Å². The van der Waals surface area contributed by atoms with Crippen LogP contribution < -0.4 is 4.90 Å². The lowest BCUT2D eigenvalue weighted by Crippen LogP contribution is -2.22. The van der Waals surface area contributed by atoms with Gasteiger partial charge in [-0.25, -0.2) is 4.79 Å². The maximum atomic E-state index is 10.9. The minimum Gasteiger partial charge on any atom is -0.479 e. The van der Waals surface area contributed by atoms with Crippen molar-refractivity contribution in [2.45, 2.75) is 18.9 Å². The van der Waals surface area contributed by atoms with Gasteiger partial charge in [0.15, 0.2) is 6.10 Å². The Kier molecular flexibility index (Phi) is 3.69. The Hall–Kier alpha value is -1.07. The fourth-order valence-electron chi connectivity index (χ4n) is 2.15. The number of halogens is 1. The SMILES string of the molecule is O=C(O)C(O)c1c(Br)cccc1N1CCCC1. The van der Waals surface area contributed by atoms with Crippen LogP contribution in [0.4, 0.5) is 5.69 Å². The molecular formula is C12H14BrNO3. The van der Waals surface area contributed by atoms with Gasteiger partial charge in [0.2, 0.25) is 0 Å². The van der Waals surface area contributed by atoms with Gasteiger partial charge in [-0.3, -0.25) is 0 Å². The van der Waals surface area contributed by atoms with Crippen molar-refractivity contribution in [1.29, 1.82) is 0 Å². The zero-order valence-electron chi connectivity index (χ0n) is 9.27. The molecule has 0 aliphatic carbocycles. The molecule has 1 aromatic carbocycles. The molecule has 1 fully saturated rings. The van der Waals surface area contributed by atoms with E-state index in [0.29, 0.717) is 10.0 Å². The number of carbonyl (C=O) groups is 1. The van der Waals surface area contributed by atoms with Crippen molar-refractivity contribution in [2.75, 3.05) is 18.0 Å². The number of carboxylic acid groups (broad SMARTS) is 1. The summed E-state index contributed by atoms with van der Waals surface area (Å²) in [5.74, 6) is -1.22. The van der Waals surface area contributed by atoms with E-state index in [1.165, 1.54) is 0 Å². The monoisotopic (exact) mass is 299 g/mol. The molecule has 92 valence electrons. The predicted octanol–water partition coefficient (Wildman–Crippen LogP) is 2.17. The molecule has 0 aromatic heterocycles. The maximum Gasteiger partial charge on any atom is 0.337 e. The Balaban J connectivity index is 2.43. The summed E-state index contributed by atoms with van der Waals surface area (Å²) in [7, 11) is 0. The summed E-state index contributed by atoms with van der Waals surface area (Å²) in [6, 6.07) is 5.47. The van der Waals surface area contributed by atoms with E-state index in [1.807, 2.05) is 12.1 Å². The molecule has 1 aliphatic rings. The van der Waals surface area contributed by atoms with Gasteiger partial charge in [-0.15, -0.1) is 0 Å². The standard InChI is InChI=1S/C12H14BrNO3/c13-8-4-3-5-9(14-6-1-2-7-14)10(8)11(15)12(16)17/h3-5,11,15H,1-2,6-7H2,(H,16,17). The van der Waals surface area contributed by atoms with E-state index in [1.54, 1.807) is 6.07 Å². The Morgan fingerprint density at radius 1 is 1.35 bits per heavy atom. The molecular weight excluding hydrogens is 286 g/mol. The van der Waals surface area contributed by atoms with Gasteiger partial charge in [0.05, 0.1) is 0 Å². The molecule has 4 nitrogen and oxygen atoms in total. The first-order valence-corrected chi connectivity index (χ1v) is 6.35. The van der Waals surface area contributed by atoms with Gasteiger partial charge in [-0.2, -0.15) is 0 Å². The largest absolute Gasteiger partial charge is 0.479 e. The van der Waals surface area contributed by atoms with E-state index in [2.05, 4.69) is 20.8 Å². The molecule has 2 N–H and O–H groups in total. The number of carboxylic acids is 1. The molecule has 1 heterocycles. The third-order valence-electron chi connectivity index (χ3n) is 2.98. The third-order valence-corrected chi connectivity index (χ3v) is 3.68. The molecule has 0 bridgehead atoms. The van der Waals surface area contributed by atoms with Crippen molar-refractivity contribution in [3.8, 4) is 0 Å². The van der Waals surface area contributed by atoms with Gasteiger partial charge < -0.3 is 15.1 Å². The highest BCUT2D eigenvalue weighted by atomic mass is 79.9. The fraction of sp³-hybridized carbons (Fsp3) is 0.417. The van der Waals surface area contributed by atoms with Crippen LogP contribution >= 0.6 is 15.9 Å². The highest BCUT2D eigenvalue weighted by Crippen LogP contribution is 2.34. The molecule has 2 rings (SSSR count). The zero-order chi connectivity index (χ0) is 12.4. The summed E-state index contributed by atoms with van der Waals surface area (Å²) in [4.78, 5) is 13.0. The van der Waals surface area contributed by atoms with Gasteiger partial charge in [0.25, 0.3) is 0 Å². The first-order valence-electron chi connectivity index (χ1n) is 5.55. The number of aliphatic hydroxyl groups excluding tert-OH is 1. The van der Waals surface area contributed by atoms with Gasteiger partial charge >= 0.3 is 5.97 Å². The van der Waals surface area contributed by atoms with Crippen LogP contribution in [0.25, 0.3) is 0 Å². The number of nitrogens with zero attached hydrogens (tertiary/aromatic N) is 1. The second-order valence-electron chi connectivity index (χ2n) is 4.11. The van der Waals surface area contributed by atoms with Crippen LogP contribution in [-0.2, 0) is 4.79 Å². The molecule has 1 aromatic rings. The maximum absolute atomic E-state index is 10.9. The lowest BCUT2D eigenvalue weighted by Gasteiger charge is -2.23. The average molecular weight is 300 g/mol. The van der Waals surface area contributed by atoms with E-state index >= 15 is 0 Å². The molecule has 0 spiro atoms. The van der Waals surface area contributed by atoms with E-state index < -0.39 is 12.1 Å². The van der Waals surface area contributed by atoms with Crippen LogP contribution in [-0.4, -0.2) is 29.3 Å². The number of hydrogen-bond acceptors (Lipinski definition) is 3. The summed E-state index contributed by atoms with van der Waals surface area (Å²) >= 11 is 3.31. The van der Waals surface area contributed by atoms with Crippen LogP contribution in [0.3, 0.4) is 0 Å². The second-order valence-corrected chi connectivity index (χ2v) is 4.96. The number of aliphatic hydroxyl groups is 1. The van der Waals surface area contributed by atoms with Crippen LogP contribution in [0.2, 0.25) is 0 Å². The van der Waals surface area contributed by atoms with E-state index in [0.717, 1.165) is 31.6 Å². The summed E-state index contributed by atoms with van der Waals surface area (Å²) in [5, 5.41) is 18.7. The lowest BCUT2D eigenvalue weighted by atomic mass is 10.1. The van der Waals surface area contributed by atoms with E-state index in [9.17, 15) is 9.90 Å². The quantitative estimate of drug-likeness (QED) is 0.898. The summed E-state index contributed by atoms with van der Waals surface area (Å²) < 4.78 is 0.636. The third kappa shape index (κ3) is 2.45. The van der Waals surface area contributed by atoms with Crippen molar-refractivity contribution in [2.24, 2.45) is 0 Å². The number of aliphatic carboxylic acids is 1. The Morgan fingerprint density at radius 3 is 2.59 bits per heavy atom. The minimum absolute atomic E-state index is 0.446. The van der Waals surface area contributed by atoms with E-state index in [-0.39, 0.29) is 0 Å². The minimum atomic E-state index is -1.49. The summed E-state index contributed by atoms with van der Waals surface area (Å²) in [5.41, 5.74) is 1.26. The molecule has 1 aliphatic heterocycles. The van der Waals surface area contributed by atoms with Crippen molar-refractivity contribution in [3.63, 3.8) is 0 Å². The normalized spacial score (nSPS) is 17.2. The van der Waals surface area contributed by atoms with Crippen LogP contribution in [0.1, 0.15) is 24.5 Å². The number of anilines is 1. The smallest absolute Gasteiger partial charge is 0.337 e. The highest BCUT2D eigenvalue weighted by Gasteiger charge is 2.25. The molecule has 0 saturated carbocycles. The van der Waals surface area contributed by atoms with Crippen LogP contribution in [0.5, 0.6) is 0 Å². The second kappa shape index (κ2) is 5.06. The molecule has 1 saturated heterocycles.